The summed E-state index contributed by atoms with van der Waals surface area (Å²) in [5.74, 6) is -0.680. The number of sulfonamides is 1. The first-order valence-electron chi connectivity index (χ1n) is 8.04. The summed E-state index contributed by atoms with van der Waals surface area (Å²) in [6.07, 6.45) is 0. The van der Waals surface area contributed by atoms with Gasteiger partial charge in [0.05, 0.1) is 23.6 Å². The molecule has 0 bridgehead atoms. The highest BCUT2D eigenvalue weighted by atomic mass is 32.2. The topological polar surface area (TPSA) is 102 Å². The van der Waals surface area contributed by atoms with Crippen molar-refractivity contribution < 1.29 is 22.3 Å². The summed E-state index contributed by atoms with van der Waals surface area (Å²) in [4.78, 5) is 14.3. The number of amides is 1. The van der Waals surface area contributed by atoms with E-state index in [0.29, 0.717) is 5.56 Å². The molecule has 1 unspecified atom stereocenters. The molecule has 2 aromatic carbocycles. The largest absolute Gasteiger partial charge is 0.496 e. The average Bonchev–Trinajstić information content (AvgIpc) is 2.60. The minimum atomic E-state index is -3.96. The molecule has 27 heavy (non-hydrogen) atoms. The van der Waals surface area contributed by atoms with Gasteiger partial charge in [0.25, 0.3) is 5.91 Å². The van der Waals surface area contributed by atoms with Crippen molar-refractivity contribution in [2.24, 2.45) is 5.14 Å². The van der Waals surface area contributed by atoms with Crippen LogP contribution in [0.3, 0.4) is 0 Å². The average molecular weight is 395 g/mol. The number of halogens is 1. The molecule has 2 rings (SSSR count). The minimum absolute atomic E-state index is 0.0424. The highest BCUT2D eigenvalue weighted by molar-refractivity contribution is 7.89. The van der Waals surface area contributed by atoms with Crippen LogP contribution in [0.1, 0.15) is 22.0 Å². The van der Waals surface area contributed by atoms with Gasteiger partial charge in [0, 0.05) is 6.54 Å². The molecule has 1 amide bonds. The summed E-state index contributed by atoms with van der Waals surface area (Å²) in [5, 5.41) is 7.86. The Kier molecular flexibility index (Phi) is 6.53. The Labute approximate surface area is 158 Å². The van der Waals surface area contributed by atoms with Gasteiger partial charge in [-0.1, -0.05) is 12.1 Å². The first kappa shape index (κ1) is 20.8. The quantitative estimate of drug-likeness (QED) is 0.740. The van der Waals surface area contributed by atoms with E-state index in [2.05, 4.69) is 5.32 Å². The van der Waals surface area contributed by atoms with Crippen molar-refractivity contribution in [1.29, 1.82) is 0 Å². The number of likely N-dealkylation sites (N-methyl/N-ethyl adjacent to an activating group) is 1. The van der Waals surface area contributed by atoms with Gasteiger partial charge in [-0.15, -0.1) is 0 Å². The molecule has 0 aromatic heterocycles. The smallest absolute Gasteiger partial charge is 0.255 e. The van der Waals surface area contributed by atoms with Gasteiger partial charge >= 0.3 is 0 Å². The molecule has 0 radical (unpaired) electrons. The number of carbonyl (C=O) groups excluding carboxylic acids is 1. The summed E-state index contributed by atoms with van der Waals surface area (Å²) in [7, 11) is 1.03. The molecule has 0 fully saturated rings. The molecule has 3 N–H and O–H groups in total. The SMILES string of the molecule is COc1ccc(S(N)(=O)=O)cc1C(=O)NCC(c1cccc(F)c1)N(C)C. The molecule has 146 valence electrons. The number of methoxy groups -OCH3 is 1. The third-order valence-corrected chi connectivity index (χ3v) is 4.97. The fraction of sp³-hybridized carbons (Fsp3) is 0.278. The molecule has 9 heteroatoms. The van der Waals surface area contributed by atoms with E-state index in [0.717, 1.165) is 6.07 Å². The number of carbonyl (C=O) groups is 1. The molecule has 0 aliphatic carbocycles. The minimum Gasteiger partial charge on any atom is -0.496 e. The van der Waals surface area contributed by atoms with Gasteiger partial charge in [0.2, 0.25) is 10.0 Å². The highest BCUT2D eigenvalue weighted by Gasteiger charge is 2.20. The van der Waals surface area contributed by atoms with Gasteiger partial charge in [-0.3, -0.25) is 4.79 Å². The number of primary sulfonamides is 1. The van der Waals surface area contributed by atoms with Crippen LogP contribution in [-0.2, 0) is 10.0 Å². The summed E-state index contributed by atoms with van der Waals surface area (Å²) in [6, 6.07) is 9.62. The maximum absolute atomic E-state index is 13.5. The Hall–Kier alpha value is -2.49. The normalized spacial score (nSPS) is 12.7. The van der Waals surface area contributed by atoms with Crippen molar-refractivity contribution in [2.75, 3.05) is 27.7 Å². The lowest BCUT2D eigenvalue weighted by Gasteiger charge is -2.25. The van der Waals surface area contributed by atoms with Crippen LogP contribution in [0.4, 0.5) is 4.39 Å². The van der Waals surface area contributed by atoms with E-state index in [1.165, 1.54) is 31.4 Å². The van der Waals surface area contributed by atoms with Crippen molar-refractivity contribution in [3.8, 4) is 5.75 Å². The Bertz CT molecular complexity index is 932. The number of ether oxygens (including phenoxy) is 1. The van der Waals surface area contributed by atoms with E-state index in [9.17, 15) is 17.6 Å². The van der Waals surface area contributed by atoms with Crippen molar-refractivity contribution in [3.05, 3.63) is 59.4 Å². The standard InChI is InChI=1S/C18H22FN3O4S/c1-22(2)16(12-5-4-6-13(19)9-12)11-21-18(23)15-10-14(27(20,24)25)7-8-17(15)26-3/h4-10,16H,11H2,1-3H3,(H,21,23)(H2,20,24,25). The first-order valence-corrected chi connectivity index (χ1v) is 9.59. The number of rotatable bonds is 7. The lowest BCUT2D eigenvalue weighted by atomic mass is 10.1. The van der Waals surface area contributed by atoms with Crippen LogP contribution in [0, 0.1) is 5.82 Å². The van der Waals surface area contributed by atoms with Gasteiger partial charge in [-0.25, -0.2) is 17.9 Å². The molecular weight excluding hydrogens is 373 g/mol. The highest BCUT2D eigenvalue weighted by Crippen LogP contribution is 2.23. The third-order valence-electron chi connectivity index (χ3n) is 4.06. The summed E-state index contributed by atoms with van der Waals surface area (Å²) >= 11 is 0. The predicted octanol–water partition coefficient (Wildman–Crippen LogP) is 1.51. The zero-order valence-electron chi connectivity index (χ0n) is 15.3. The zero-order valence-corrected chi connectivity index (χ0v) is 16.1. The summed E-state index contributed by atoms with van der Waals surface area (Å²) in [6.45, 7) is 0.179. The summed E-state index contributed by atoms with van der Waals surface area (Å²) < 4.78 is 41.7. The number of nitrogens with zero attached hydrogens (tertiary/aromatic N) is 1. The maximum Gasteiger partial charge on any atom is 0.255 e. The first-order chi connectivity index (χ1) is 12.6. The van der Waals surface area contributed by atoms with Crippen molar-refractivity contribution in [1.82, 2.24) is 10.2 Å². The maximum atomic E-state index is 13.5. The third kappa shape index (κ3) is 5.25. The van der Waals surface area contributed by atoms with Crippen LogP contribution in [0.15, 0.2) is 47.4 Å². The molecule has 0 aliphatic heterocycles. The van der Waals surface area contributed by atoms with E-state index in [4.69, 9.17) is 9.88 Å². The Morgan fingerprint density at radius 3 is 2.52 bits per heavy atom. The Morgan fingerprint density at radius 1 is 1.26 bits per heavy atom. The van der Waals surface area contributed by atoms with E-state index >= 15 is 0 Å². The lowest BCUT2D eigenvalue weighted by molar-refractivity contribution is 0.0938. The molecular formula is C18H22FN3O4S. The second kappa shape index (κ2) is 8.47. The second-order valence-corrected chi connectivity index (χ2v) is 7.71. The monoisotopic (exact) mass is 395 g/mol. The van der Waals surface area contributed by atoms with Crippen molar-refractivity contribution in [3.63, 3.8) is 0 Å². The molecule has 0 heterocycles. The number of nitrogens with one attached hydrogen (secondary N) is 1. The molecule has 2 aromatic rings. The van der Waals surface area contributed by atoms with Crippen LogP contribution < -0.4 is 15.2 Å². The van der Waals surface area contributed by atoms with Crippen LogP contribution in [0.25, 0.3) is 0 Å². The lowest BCUT2D eigenvalue weighted by Crippen LogP contribution is -2.34. The fourth-order valence-electron chi connectivity index (χ4n) is 2.64. The zero-order chi connectivity index (χ0) is 20.2. The second-order valence-electron chi connectivity index (χ2n) is 6.15. The van der Waals surface area contributed by atoms with E-state index < -0.39 is 15.9 Å². The fourth-order valence-corrected chi connectivity index (χ4v) is 3.18. The van der Waals surface area contributed by atoms with Crippen LogP contribution in [0.2, 0.25) is 0 Å². The van der Waals surface area contributed by atoms with E-state index in [-0.39, 0.29) is 34.6 Å². The number of hydrogen-bond donors (Lipinski definition) is 2. The van der Waals surface area contributed by atoms with Crippen LogP contribution >= 0.6 is 0 Å². The Morgan fingerprint density at radius 2 is 1.96 bits per heavy atom. The Balaban J connectivity index is 2.25. The molecule has 0 saturated carbocycles. The number of benzene rings is 2. The molecule has 0 aliphatic rings. The molecule has 1 atom stereocenters. The van der Waals surface area contributed by atoms with Gasteiger partial charge in [-0.05, 0) is 50.0 Å². The summed E-state index contributed by atoms with van der Waals surface area (Å²) in [5.41, 5.74) is 0.742. The number of nitrogens with two attached hydrogens (primary N) is 1. The van der Waals surface area contributed by atoms with Gasteiger partial charge in [-0.2, -0.15) is 0 Å². The molecule has 0 saturated heterocycles. The van der Waals surface area contributed by atoms with Gasteiger partial charge in [0.15, 0.2) is 0 Å². The number of hydrogen-bond acceptors (Lipinski definition) is 5. The molecule has 7 nitrogen and oxygen atoms in total. The van der Waals surface area contributed by atoms with E-state index in [1.807, 2.05) is 19.0 Å². The van der Waals surface area contributed by atoms with Crippen LogP contribution in [-0.4, -0.2) is 47.0 Å². The molecule has 0 spiro atoms. The van der Waals surface area contributed by atoms with Crippen LogP contribution in [0.5, 0.6) is 5.75 Å². The van der Waals surface area contributed by atoms with Crippen molar-refractivity contribution in [2.45, 2.75) is 10.9 Å². The van der Waals surface area contributed by atoms with Gasteiger partial charge < -0.3 is 15.0 Å². The van der Waals surface area contributed by atoms with Crippen molar-refractivity contribution >= 4 is 15.9 Å². The van der Waals surface area contributed by atoms with Gasteiger partial charge in [0.1, 0.15) is 11.6 Å². The predicted molar refractivity (Wildman–Crippen MR) is 99.5 cm³/mol. The van der Waals surface area contributed by atoms with E-state index in [1.54, 1.807) is 12.1 Å².